The second-order valence-corrected chi connectivity index (χ2v) is 4.70. The van der Waals surface area contributed by atoms with E-state index in [1.807, 2.05) is 24.4 Å². The number of aromatic nitrogens is 1. The summed E-state index contributed by atoms with van der Waals surface area (Å²) in [6, 6.07) is 3.89. The summed E-state index contributed by atoms with van der Waals surface area (Å²) in [5, 5.41) is 9.80. The molecule has 2 aromatic rings. The van der Waals surface area contributed by atoms with Crippen LogP contribution in [0.4, 0.5) is 0 Å². The number of rotatable bonds is 4. The first-order valence-corrected chi connectivity index (χ1v) is 5.85. The Balaban J connectivity index is 1.80. The minimum atomic E-state index is 0.691. The maximum atomic E-state index is 5.81. The lowest BCUT2D eigenvalue weighted by molar-refractivity contribution is 0.369. The summed E-state index contributed by atoms with van der Waals surface area (Å²) in [6.45, 7) is 3.40. The molecule has 3 nitrogen and oxygen atoms in total. The molecule has 0 aliphatic rings. The van der Waals surface area contributed by atoms with Gasteiger partial charge >= 0.3 is 0 Å². The van der Waals surface area contributed by atoms with Gasteiger partial charge in [-0.05, 0) is 13.0 Å². The Labute approximate surface area is 97.0 Å². The molecule has 0 amide bonds. The first-order chi connectivity index (χ1) is 7.24. The molecule has 0 aliphatic heterocycles. The van der Waals surface area contributed by atoms with E-state index in [9.17, 15) is 0 Å². The van der Waals surface area contributed by atoms with Crippen molar-refractivity contribution in [3.8, 4) is 0 Å². The van der Waals surface area contributed by atoms with E-state index < -0.39 is 0 Å². The van der Waals surface area contributed by atoms with Crippen molar-refractivity contribution in [2.45, 2.75) is 20.0 Å². The van der Waals surface area contributed by atoms with Gasteiger partial charge in [0.15, 0.2) is 5.76 Å². The van der Waals surface area contributed by atoms with E-state index in [-0.39, 0.29) is 0 Å². The highest BCUT2D eigenvalue weighted by molar-refractivity contribution is 7.10. The van der Waals surface area contributed by atoms with Crippen LogP contribution in [-0.4, -0.2) is 5.16 Å². The fourth-order valence-electron chi connectivity index (χ4n) is 1.26. The van der Waals surface area contributed by atoms with Crippen LogP contribution in [0.1, 0.15) is 16.3 Å². The highest BCUT2D eigenvalue weighted by Crippen LogP contribution is 2.18. The van der Waals surface area contributed by atoms with Gasteiger partial charge in [-0.3, -0.25) is 0 Å². The van der Waals surface area contributed by atoms with Gasteiger partial charge in [-0.2, -0.15) is 0 Å². The lowest BCUT2D eigenvalue weighted by atomic mass is 10.4. The smallest absolute Gasteiger partial charge is 0.150 e. The summed E-state index contributed by atoms with van der Waals surface area (Å²) in [5.74, 6) is 0.857. The molecule has 0 radical (unpaired) electrons. The fraction of sp³-hybridized carbons (Fsp3) is 0.300. The average Bonchev–Trinajstić information content (AvgIpc) is 2.76. The summed E-state index contributed by atoms with van der Waals surface area (Å²) in [7, 11) is 0. The second-order valence-electron chi connectivity index (χ2n) is 3.27. The van der Waals surface area contributed by atoms with Gasteiger partial charge in [-0.1, -0.05) is 16.8 Å². The van der Waals surface area contributed by atoms with Crippen LogP contribution in [0.15, 0.2) is 22.0 Å². The van der Waals surface area contributed by atoms with Crippen molar-refractivity contribution in [1.82, 2.24) is 10.5 Å². The molecule has 0 aliphatic carbocycles. The van der Waals surface area contributed by atoms with Crippen LogP contribution >= 0.6 is 22.9 Å². The Morgan fingerprint density at radius 1 is 1.47 bits per heavy atom. The van der Waals surface area contributed by atoms with Crippen molar-refractivity contribution >= 4 is 22.9 Å². The quantitative estimate of drug-likeness (QED) is 0.896. The second kappa shape index (κ2) is 4.79. The van der Waals surface area contributed by atoms with Gasteiger partial charge in [-0.25, -0.2) is 0 Å². The average molecular weight is 243 g/mol. The third kappa shape index (κ3) is 3.06. The molecule has 1 N–H and O–H groups in total. The maximum absolute atomic E-state index is 5.81. The number of hydrogen-bond acceptors (Lipinski definition) is 4. The summed E-state index contributed by atoms with van der Waals surface area (Å²) in [6.07, 6.45) is 0. The van der Waals surface area contributed by atoms with Crippen LogP contribution in [0.2, 0.25) is 5.02 Å². The number of thiophene rings is 1. The van der Waals surface area contributed by atoms with Gasteiger partial charge in [0.1, 0.15) is 0 Å². The minimum absolute atomic E-state index is 0.691. The van der Waals surface area contributed by atoms with Crippen molar-refractivity contribution in [2.24, 2.45) is 0 Å². The van der Waals surface area contributed by atoms with Crippen molar-refractivity contribution in [1.29, 1.82) is 0 Å². The van der Waals surface area contributed by atoms with E-state index in [1.165, 1.54) is 4.88 Å². The number of nitrogens with one attached hydrogen (secondary N) is 1. The van der Waals surface area contributed by atoms with Gasteiger partial charge < -0.3 is 9.84 Å². The monoisotopic (exact) mass is 242 g/mol. The molecule has 2 heterocycles. The summed E-state index contributed by atoms with van der Waals surface area (Å²) in [4.78, 5) is 1.22. The maximum Gasteiger partial charge on any atom is 0.150 e. The van der Waals surface area contributed by atoms with Crippen LogP contribution < -0.4 is 5.32 Å². The van der Waals surface area contributed by atoms with Gasteiger partial charge in [0.2, 0.25) is 0 Å². The molecule has 0 atom stereocenters. The Bertz CT molecular complexity index is 398. The molecule has 0 spiro atoms. The number of hydrogen-bond donors (Lipinski definition) is 1. The topological polar surface area (TPSA) is 38.1 Å². The first-order valence-electron chi connectivity index (χ1n) is 4.60. The van der Waals surface area contributed by atoms with Crippen molar-refractivity contribution in [3.05, 3.63) is 38.9 Å². The van der Waals surface area contributed by atoms with Crippen LogP contribution in [0, 0.1) is 6.92 Å². The van der Waals surface area contributed by atoms with Crippen molar-refractivity contribution in [3.63, 3.8) is 0 Å². The fourth-order valence-corrected chi connectivity index (χ4v) is 2.30. The molecule has 15 heavy (non-hydrogen) atoms. The lowest BCUT2D eigenvalue weighted by Gasteiger charge is -1.98. The SMILES string of the molecule is Cc1cc(CNCc2cc(Cl)cs2)on1. The highest BCUT2D eigenvalue weighted by atomic mass is 35.5. The van der Waals surface area contributed by atoms with E-state index >= 15 is 0 Å². The molecule has 0 saturated heterocycles. The predicted molar refractivity (Wildman–Crippen MR) is 61.1 cm³/mol. The third-order valence-electron chi connectivity index (χ3n) is 1.90. The minimum Gasteiger partial charge on any atom is -0.360 e. The zero-order valence-electron chi connectivity index (χ0n) is 8.29. The van der Waals surface area contributed by atoms with Gasteiger partial charge in [0, 0.05) is 22.9 Å². The lowest BCUT2D eigenvalue weighted by Crippen LogP contribution is -2.10. The molecule has 2 aromatic heterocycles. The van der Waals surface area contributed by atoms with Crippen molar-refractivity contribution < 1.29 is 4.52 Å². The number of halogens is 1. The Morgan fingerprint density at radius 2 is 2.33 bits per heavy atom. The molecule has 0 saturated carbocycles. The van der Waals surface area contributed by atoms with Crippen LogP contribution in [-0.2, 0) is 13.1 Å². The molecule has 5 heteroatoms. The first kappa shape index (κ1) is 10.7. The summed E-state index contributed by atoms with van der Waals surface area (Å²) < 4.78 is 5.07. The number of aryl methyl sites for hydroxylation is 1. The van der Waals surface area contributed by atoms with Crippen LogP contribution in [0.5, 0.6) is 0 Å². The molecule has 0 bridgehead atoms. The van der Waals surface area contributed by atoms with E-state index in [4.69, 9.17) is 16.1 Å². The van der Waals surface area contributed by atoms with E-state index in [0.29, 0.717) is 6.54 Å². The third-order valence-corrected chi connectivity index (χ3v) is 3.18. The Morgan fingerprint density at radius 3 is 2.93 bits per heavy atom. The van der Waals surface area contributed by atoms with Crippen molar-refractivity contribution in [2.75, 3.05) is 0 Å². The standard InChI is InChI=1S/C10H11ClN2OS/c1-7-2-9(14-13-7)4-12-5-10-3-8(11)6-15-10/h2-3,6,12H,4-5H2,1H3. The molecule has 80 valence electrons. The molecule has 0 unspecified atom stereocenters. The molecule has 0 fully saturated rings. The van der Waals surface area contributed by atoms with Gasteiger partial charge in [-0.15, -0.1) is 11.3 Å². The zero-order chi connectivity index (χ0) is 10.7. The summed E-state index contributed by atoms with van der Waals surface area (Å²) in [5.41, 5.74) is 0.908. The van der Waals surface area contributed by atoms with Gasteiger partial charge in [0.05, 0.1) is 17.3 Å². The molecule has 0 aromatic carbocycles. The Hall–Kier alpha value is -0.840. The largest absolute Gasteiger partial charge is 0.360 e. The molecular weight excluding hydrogens is 232 g/mol. The van der Waals surface area contributed by atoms with E-state index in [2.05, 4.69) is 10.5 Å². The Kier molecular flexibility index (Phi) is 3.41. The number of nitrogens with zero attached hydrogens (tertiary/aromatic N) is 1. The normalized spacial score (nSPS) is 10.8. The van der Waals surface area contributed by atoms with E-state index in [0.717, 1.165) is 23.0 Å². The van der Waals surface area contributed by atoms with Gasteiger partial charge in [0.25, 0.3) is 0 Å². The zero-order valence-corrected chi connectivity index (χ0v) is 9.86. The highest BCUT2D eigenvalue weighted by Gasteiger charge is 2.01. The van der Waals surface area contributed by atoms with Crippen LogP contribution in [0.25, 0.3) is 0 Å². The summed E-state index contributed by atoms with van der Waals surface area (Å²) >= 11 is 7.46. The molecular formula is C10H11ClN2OS. The molecule has 2 rings (SSSR count). The predicted octanol–water partition coefficient (Wildman–Crippen LogP) is 2.99. The van der Waals surface area contributed by atoms with E-state index in [1.54, 1.807) is 11.3 Å². The van der Waals surface area contributed by atoms with Crippen LogP contribution in [0.3, 0.4) is 0 Å².